The summed E-state index contributed by atoms with van der Waals surface area (Å²) in [7, 11) is 0. The van der Waals surface area contributed by atoms with E-state index in [-0.39, 0.29) is 5.91 Å². The number of amides is 1. The number of para-hydroxylation sites is 1. The van der Waals surface area contributed by atoms with Gasteiger partial charge in [-0.2, -0.15) is 10.1 Å². The second-order valence-corrected chi connectivity index (χ2v) is 8.82. The molecule has 0 saturated carbocycles. The van der Waals surface area contributed by atoms with Gasteiger partial charge in [-0.1, -0.05) is 35.9 Å². The van der Waals surface area contributed by atoms with Crippen molar-refractivity contribution in [1.29, 1.82) is 0 Å². The molecule has 0 N–H and O–H groups in total. The predicted molar refractivity (Wildman–Crippen MR) is 142 cm³/mol. The number of carbonyl (C=O) groups is 1. The van der Waals surface area contributed by atoms with Gasteiger partial charge in [0.1, 0.15) is 19.0 Å². The zero-order chi connectivity index (χ0) is 24.8. The second kappa shape index (κ2) is 11.2. The average molecular weight is 535 g/mol. The molecule has 6 nitrogen and oxygen atoms in total. The molecule has 0 aromatic heterocycles. The molecule has 1 amide bonds. The first-order chi connectivity index (χ1) is 17.0. The van der Waals surface area contributed by atoms with Crippen LogP contribution in [0.1, 0.15) is 25.0 Å². The Balaban J connectivity index is 1.49. The standard InChI is InChI=1S/C28H27BrN2O4/c1-4-33-26-18-21(16-24-20(3)30-31(28(24)32)22-8-6-5-7-9-22)17-25(29)27(26)35-15-14-34-23-12-10-19(2)11-13-23/h5-13,16-18H,4,14-15H2,1-3H3/b24-16+. The third kappa shape index (κ3) is 5.92. The van der Waals surface area contributed by atoms with Gasteiger partial charge in [0.05, 0.1) is 28.1 Å². The average Bonchev–Trinajstić information content (AvgIpc) is 3.13. The van der Waals surface area contributed by atoms with Crippen LogP contribution in [0.25, 0.3) is 6.08 Å². The monoisotopic (exact) mass is 534 g/mol. The molecule has 1 heterocycles. The van der Waals surface area contributed by atoms with Crippen molar-refractivity contribution in [3.8, 4) is 17.2 Å². The van der Waals surface area contributed by atoms with Gasteiger partial charge in [-0.05, 0) is 84.7 Å². The molecule has 180 valence electrons. The summed E-state index contributed by atoms with van der Waals surface area (Å²) < 4.78 is 18.3. The summed E-state index contributed by atoms with van der Waals surface area (Å²) in [5.74, 6) is 1.81. The fourth-order valence-corrected chi connectivity index (χ4v) is 4.18. The summed E-state index contributed by atoms with van der Waals surface area (Å²) in [5, 5.41) is 5.87. The highest BCUT2D eigenvalue weighted by Crippen LogP contribution is 2.38. The van der Waals surface area contributed by atoms with Crippen molar-refractivity contribution in [1.82, 2.24) is 0 Å². The van der Waals surface area contributed by atoms with E-state index in [0.29, 0.717) is 42.6 Å². The molecule has 35 heavy (non-hydrogen) atoms. The molecule has 0 unspecified atom stereocenters. The van der Waals surface area contributed by atoms with Crippen LogP contribution in [0.2, 0.25) is 0 Å². The summed E-state index contributed by atoms with van der Waals surface area (Å²) in [6.45, 7) is 7.00. The van der Waals surface area contributed by atoms with E-state index in [1.165, 1.54) is 10.6 Å². The van der Waals surface area contributed by atoms with Crippen LogP contribution in [-0.4, -0.2) is 31.4 Å². The zero-order valence-electron chi connectivity index (χ0n) is 20.0. The first kappa shape index (κ1) is 24.5. The van der Waals surface area contributed by atoms with Crippen molar-refractivity contribution in [2.75, 3.05) is 24.8 Å². The lowest BCUT2D eigenvalue weighted by Gasteiger charge is -2.15. The molecule has 3 aromatic carbocycles. The third-order valence-electron chi connectivity index (χ3n) is 5.33. The molecule has 0 atom stereocenters. The van der Waals surface area contributed by atoms with Gasteiger partial charge in [0.2, 0.25) is 0 Å². The van der Waals surface area contributed by atoms with Crippen LogP contribution >= 0.6 is 15.9 Å². The molecule has 0 aliphatic carbocycles. The highest BCUT2D eigenvalue weighted by Gasteiger charge is 2.28. The lowest BCUT2D eigenvalue weighted by molar-refractivity contribution is -0.114. The van der Waals surface area contributed by atoms with Crippen LogP contribution in [0.15, 0.2) is 81.9 Å². The number of rotatable bonds is 9. The lowest BCUT2D eigenvalue weighted by Crippen LogP contribution is -2.21. The Bertz CT molecular complexity index is 1250. The molecule has 0 spiro atoms. The van der Waals surface area contributed by atoms with Gasteiger partial charge in [0.25, 0.3) is 5.91 Å². The molecule has 7 heteroatoms. The fraction of sp³-hybridized carbons (Fsp3) is 0.214. The fourth-order valence-electron chi connectivity index (χ4n) is 3.61. The summed E-state index contributed by atoms with van der Waals surface area (Å²) in [6, 6.07) is 21.0. The van der Waals surface area contributed by atoms with Crippen LogP contribution in [0, 0.1) is 6.92 Å². The number of hydrazone groups is 1. The van der Waals surface area contributed by atoms with Crippen LogP contribution in [0.4, 0.5) is 5.69 Å². The molecular formula is C28H27BrN2O4. The quantitative estimate of drug-likeness (QED) is 0.234. The Kier molecular flexibility index (Phi) is 7.87. The van der Waals surface area contributed by atoms with Gasteiger partial charge < -0.3 is 14.2 Å². The first-order valence-electron chi connectivity index (χ1n) is 11.4. The summed E-state index contributed by atoms with van der Waals surface area (Å²) in [6.07, 6.45) is 1.82. The number of carbonyl (C=O) groups excluding carboxylic acids is 1. The van der Waals surface area contributed by atoms with Crippen LogP contribution in [0.5, 0.6) is 17.2 Å². The van der Waals surface area contributed by atoms with E-state index in [1.807, 2.05) is 93.6 Å². The summed E-state index contributed by atoms with van der Waals surface area (Å²) in [5.41, 5.74) is 3.90. The van der Waals surface area contributed by atoms with Crippen molar-refractivity contribution in [2.24, 2.45) is 5.10 Å². The Labute approximate surface area is 213 Å². The van der Waals surface area contributed by atoms with Crippen molar-refractivity contribution in [2.45, 2.75) is 20.8 Å². The summed E-state index contributed by atoms with van der Waals surface area (Å²) >= 11 is 3.60. The molecule has 0 radical (unpaired) electrons. The number of anilines is 1. The highest BCUT2D eigenvalue weighted by molar-refractivity contribution is 9.10. The van der Waals surface area contributed by atoms with Crippen molar-refractivity contribution in [3.05, 3.63) is 87.9 Å². The van der Waals surface area contributed by atoms with Gasteiger partial charge in [0, 0.05) is 0 Å². The number of hydrogen-bond acceptors (Lipinski definition) is 5. The molecule has 3 aromatic rings. The number of hydrogen-bond donors (Lipinski definition) is 0. The van der Waals surface area contributed by atoms with Crippen molar-refractivity contribution in [3.63, 3.8) is 0 Å². The van der Waals surface area contributed by atoms with E-state index in [1.54, 1.807) is 0 Å². The molecule has 0 saturated heterocycles. The normalized spacial score (nSPS) is 14.3. The van der Waals surface area contributed by atoms with E-state index in [9.17, 15) is 4.79 Å². The Morgan fingerprint density at radius 3 is 2.37 bits per heavy atom. The van der Waals surface area contributed by atoms with Gasteiger partial charge in [-0.15, -0.1) is 0 Å². The minimum atomic E-state index is -0.170. The van der Waals surface area contributed by atoms with Crippen molar-refractivity contribution >= 4 is 39.3 Å². The predicted octanol–water partition coefficient (Wildman–Crippen LogP) is 6.42. The molecular weight excluding hydrogens is 508 g/mol. The molecule has 4 rings (SSSR count). The second-order valence-electron chi connectivity index (χ2n) is 7.97. The maximum absolute atomic E-state index is 13.1. The third-order valence-corrected chi connectivity index (χ3v) is 5.91. The molecule has 0 bridgehead atoms. The number of nitrogens with zero attached hydrogens (tertiary/aromatic N) is 2. The van der Waals surface area contributed by atoms with Crippen LogP contribution in [-0.2, 0) is 4.79 Å². The number of ether oxygens (including phenoxy) is 3. The number of aryl methyl sites for hydroxylation is 1. The van der Waals surface area contributed by atoms with Gasteiger partial charge >= 0.3 is 0 Å². The topological polar surface area (TPSA) is 60.4 Å². The Morgan fingerprint density at radius 1 is 0.943 bits per heavy atom. The maximum atomic E-state index is 13.1. The smallest absolute Gasteiger partial charge is 0.280 e. The van der Waals surface area contributed by atoms with Gasteiger partial charge in [-0.25, -0.2) is 0 Å². The van der Waals surface area contributed by atoms with Crippen LogP contribution < -0.4 is 19.2 Å². The van der Waals surface area contributed by atoms with Crippen molar-refractivity contribution < 1.29 is 19.0 Å². The van der Waals surface area contributed by atoms with E-state index in [0.717, 1.165) is 21.5 Å². The summed E-state index contributed by atoms with van der Waals surface area (Å²) in [4.78, 5) is 13.1. The van der Waals surface area contributed by atoms with Gasteiger partial charge in [-0.3, -0.25) is 4.79 Å². The minimum Gasteiger partial charge on any atom is -0.490 e. The molecule has 1 aliphatic rings. The first-order valence-corrected chi connectivity index (χ1v) is 12.2. The minimum absolute atomic E-state index is 0.170. The molecule has 0 fully saturated rings. The van der Waals surface area contributed by atoms with Gasteiger partial charge in [0.15, 0.2) is 11.5 Å². The Hall–Kier alpha value is -3.58. The Morgan fingerprint density at radius 2 is 1.66 bits per heavy atom. The maximum Gasteiger partial charge on any atom is 0.280 e. The van der Waals surface area contributed by atoms with E-state index in [2.05, 4.69) is 21.0 Å². The zero-order valence-corrected chi connectivity index (χ0v) is 21.5. The van der Waals surface area contributed by atoms with E-state index in [4.69, 9.17) is 14.2 Å². The highest BCUT2D eigenvalue weighted by atomic mass is 79.9. The van der Waals surface area contributed by atoms with Crippen LogP contribution in [0.3, 0.4) is 0 Å². The molecule has 1 aliphatic heterocycles. The largest absolute Gasteiger partial charge is 0.490 e. The number of benzene rings is 3. The SMILES string of the molecule is CCOc1cc(/C=C2/C(=O)N(c3ccccc3)N=C2C)cc(Br)c1OCCOc1ccc(C)cc1. The number of halogens is 1. The lowest BCUT2D eigenvalue weighted by atomic mass is 10.1. The van der Waals surface area contributed by atoms with E-state index < -0.39 is 0 Å². The van der Waals surface area contributed by atoms with E-state index >= 15 is 0 Å².